The molecule has 5 heteroatoms. The van der Waals surface area contributed by atoms with Crippen LogP contribution in [-0.2, 0) is 10.2 Å². The van der Waals surface area contributed by atoms with Crippen LogP contribution >= 0.6 is 0 Å². The molecule has 5 nitrogen and oxygen atoms in total. The number of carbonyl (C=O) groups excluding carboxylic acids is 1. The molecular weight excluding hydrogens is 324 g/mol. The van der Waals surface area contributed by atoms with Gasteiger partial charge in [0.1, 0.15) is 18.7 Å². The van der Waals surface area contributed by atoms with Gasteiger partial charge in [0, 0.05) is 5.69 Å². The molecule has 4 saturated carbocycles. The van der Waals surface area contributed by atoms with E-state index in [9.17, 15) is 4.79 Å². The molecule has 4 aliphatic carbocycles. The lowest BCUT2D eigenvalue weighted by atomic mass is 9.48. The van der Waals surface area contributed by atoms with Gasteiger partial charge in [-0.3, -0.25) is 4.79 Å². The van der Waals surface area contributed by atoms with E-state index in [1.54, 1.807) is 11.0 Å². The van der Waals surface area contributed by atoms with Gasteiger partial charge in [-0.2, -0.15) is 5.10 Å². The molecule has 6 rings (SSSR count). The third-order valence-electron chi connectivity index (χ3n) is 7.02. The zero-order valence-electron chi connectivity index (χ0n) is 15.3. The van der Waals surface area contributed by atoms with Gasteiger partial charge in [-0.25, -0.2) is 9.67 Å². The van der Waals surface area contributed by atoms with Gasteiger partial charge in [0.25, 0.3) is 0 Å². The largest absolute Gasteiger partial charge is 0.324 e. The number of hydrogen-bond donors (Lipinski definition) is 1. The van der Waals surface area contributed by atoms with Gasteiger partial charge in [-0.1, -0.05) is 12.1 Å². The monoisotopic (exact) mass is 350 g/mol. The highest BCUT2D eigenvalue weighted by atomic mass is 16.2. The Labute approximate surface area is 154 Å². The van der Waals surface area contributed by atoms with Gasteiger partial charge in [0.2, 0.25) is 5.91 Å². The van der Waals surface area contributed by atoms with Gasteiger partial charge >= 0.3 is 0 Å². The van der Waals surface area contributed by atoms with Gasteiger partial charge in [0.15, 0.2) is 0 Å². The van der Waals surface area contributed by atoms with Crippen molar-refractivity contribution in [2.45, 2.75) is 56.9 Å². The first-order chi connectivity index (χ1) is 12.6. The molecule has 1 N–H and O–H groups in total. The van der Waals surface area contributed by atoms with Gasteiger partial charge in [0.05, 0.1) is 0 Å². The molecule has 1 atom stereocenters. The minimum atomic E-state index is -0.375. The number of hydrogen-bond acceptors (Lipinski definition) is 3. The van der Waals surface area contributed by atoms with Crippen molar-refractivity contribution in [2.75, 3.05) is 5.32 Å². The van der Waals surface area contributed by atoms with E-state index in [-0.39, 0.29) is 11.9 Å². The normalized spacial score (nSPS) is 33.2. The molecule has 0 aliphatic heterocycles. The Morgan fingerprint density at radius 1 is 1.12 bits per heavy atom. The topological polar surface area (TPSA) is 59.8 Å². The lowest BCUT2D eigenvalue weighted by molar-refractivity contribution is -0.119. The molecule has 4 fully saturated rings. The van der Waals surface area contributed by atoms with Crippen molar-refractivity contribution in [2.24, 2.45) is 17.8 Å². The maximum atomic E-state index is 12.4. The summed E-state index contributed by atoms with van der Waals surface area (Å²) in [6, 6.07) is 8.27. The summed E-state index contributed by atoms with van der Waals surface area (Å²) in [7, 11) is 0. The Hall–Kier alpha value is -2.17. The van der Waals surface area contributed by atoms with Gasteiger partial charge in [-0.05, 0) is 86.3 Å². The Bertz CT molecular complexity index is 761. The summed E-state index contributed by atoms with van der Waals surface area (Å²) in [6.45, 7) is 1.83. The van der Waals surface area contributed by atoms with Crippen molar-refractivity contribution in [1.29, 1.82) is 0 Å². The Morgan fingerprint density at radius 2 is 1.73 bits per heavy atom. The lowest BCUT2D eigenvalue weighted by Gasteiger charge is -2.57. The number of rotatable bonds is 4. The van der Waals surface area contributed by atoms with Crippen LogP contribution in [0.15, 0.2) is 36.9 Å². The number of carbonyl (C=O) groups is 1. The highest BCUT2D eigenvalue weighted by Gasteiger charge is 2.51. The first-order valence-corrected chi connectivity index (χ1v) is 9.87. The summed E-state index contributed by atoms with van der Waals surface area (Å²) in [4.78, 5) is 16.3. The minimum absolute atomic E-state index is 0.0712. The first-order valence-electron chi connectivity index (χ1n) is 9.87. The summed E-state index contributed by atoms with van der Waals surface area (Å²) >= 11 is 0. The van der Waals surface area contributed by atoms with Crippen LogP contribution < -0.4 is 5.32 Å². The number of benzene rings is 1. The molecule has 26 heavy (non-hydrogen) atoms. The van der Waals surface area contributed by atoms with Crippen molar-refractivity contribution in [1.82, 2.24) is 14.8 Å². The molecule has 0 spiro atoms. The van der Waals surface area contributed by atoms with Gasteiger partial charge < -0.3 is 5.32 Å². The van der Waals surface area contributed by atoms with E-state index in [0.717, 1.165) is 23.4 Å². The summed E-state index contributed by atoms with van der Waals surface area (Å²) in [6.07, 6.45) is 11.5. The average molecular weight is 350 g/mol. The van der Waals surface area contributed by atoms with E-state index in [0.29, 0.717) is 5.41 Å². The highest BCUT2D eigenvalue weighted by molar-refractivity contribution is 5.93. The molecule has 1 aromatic carbocycles. The fraction of sp³-hybridized carbons (Fsp3) is 0.571. The van der Waals surface area contributed by atoms with Crippen LogP contribution in [0.3, 0.4) is 0 Å². The SMILES string of the molecule is C[C@@H](C(=O)Nc1ccc(C23CC4CC(CC(C4)C2)C3)cc1)n1cncn1. The van der Waals surface area contributed by atoms with Crippen molar-refractivity contribution in [3.05, 3.63) is 42.5 Å². The highest BCUT2D eigenvalue weighted by Crippen LogP contribution is 2.60. The Kier molecular flexibility index (Phi) is 3.66. The number of anilines is 1. The van der Waals surface area contributed by atoms with Crippen molar-refractivity contribution in [3.8, 4) is 0 Å². The molecule has 1 amide bonds. The van der Waals surface area contributed by atoms with Crippen LogP contribution in [0.4, 0.5) is 5.69 Å². The molecule has 136 valence electrons. The second-order valence-corrected chi connectivity index (χ2v) is 8.82. The minimum Gasteiger partial charge on any atom is -0.324 e. The second-order valence-electron chi connectivity index (χ2n) is 8.82. The van der Waals surface area contributed by atoms with Crippen LogP contribution in [-0.4, -0.2) is 20.7 Å². The molecule has 0 saturated heterocycles. The lowest BCUT2D eigenvalue weighted by Crippen LogP contribution is -2.48. The second kappa shape index (κ2) is 5.93. The number of nitrogens with zero attached hydrogens (tertiary/aromatic N) is 3. The van der Waals surface area contributed by atoms with Crippen LogP contribution in [0.5, 0.6) is 0 Å². The molecule has 4 bridgehead atoms. The molecule has 1 aromatic heterocycles. The zero-order chi connectivity index (χ0) is 17.7. The van der Waals surface area contributed by atoms with E-state index >= 15 is 0 Å². The van der Waals surface area contributed by atoms with E-state index in [1.807, 2.05) is 6.92 Å². The number of amides is 1. The summed E-state index contributed by atoms with van der Waals surface area (Å²) in [5.41, 5.74) is 2.75. The fourth-order valence-corrected chi connectivity index (χ4v) is 6.16. The Morgan fingerprint density at radius 3 is 2.27 bits per heavy atom. The molecule has 2 aromatic rings. The molecule has 0 unspecified atom stereocenters. The predicted molar refractivity (Wildman–Crippen MR) is 99.7 cm³/mol. The van der Waals surface area contributed by atoms with Crippen LogP contribution in [0, 0.1) is 17.8 Å². The predicted octanol–water partition coefficient (Wildman–Crippen LogP) is 3.95. The first kappa shape index (κ1) is 16.0. The maximum absolute atomic E-state index is 12.4. The smallest absolute Gasteiger partial charge is 0.249 e. The maximum Gasteiger partial charge on any atom is 0.249 e. The molecule has 4 aliphatic rings. The number of nitrogens with one attached hydrogen (secondary N) is 1. The Balaban J connectivity index is 1.31. The summed E-state index contributed by atoms with van der Waals surface area (Å²) in [5.74, 6) is 2.77. The van der Waals surface area contributed by atoms with Crippen LogP contribution in [0.2, 0.25) is 0 Å². The third-order valence-corrected chi connectivity index (χ3v) is 7.02. The molecule has 0 radical (unpaired) electrons. The third kappa shape index (κ3) is 2.65. The van der Waals surface area contributed by atoms with E-state index in [4.69, 9.17) is 0 Å². The van der Waals surface area contributed by atoms with Gasteiger partial charge in [-0.15, -0.1) is 0 Å². The summed E-state index contributed by atoms with van der Waals surface area (Å²) < 4.78 is 1.57. The van der Waals surface area contributed by atoms with E-state index in [1.165, 1.54) is 50.4 Å². The van der Waals surface area contributed by atoms with E-state index in [2.05, 4.69) is 39.7 Å². The standard InChI is InChI=1S/C21H26N4O/c1-14(25-13-22-12-23-25)20(26)24-19-4-2-18(3-5-19)21-9-15-6-16(10-21)8-17(7-15)11-21/h2-5,12-17H,6-11H2,1H3,(H,24,26)/t14-,15?,16?,17?,21?/m0/s1. The summed E-state index contributed by atoms with van der Waals surface area (Å²) in [5, 5.41) is 7.05. The van der Waals surface area contributed by atoms with Crippen LogP contribution in [0.1, 0.15) is 57.1 Å². The van der Waals surface area contributed by atoms with Crippen LogP contribution in [0.25, 0.3) is 0 Å². The van der Waals surface area contributed by atoms with Crippen molar-refractivity contribution < 1.29 is 4.79 Å². The average Bonchev–Trinajstić information content (AvgIpc) is 3.15. The fourth-order valence-electron chi connectivity index (χ4n) is 6.16. The number of aromatic nitrogens is 3. The van der Waals surface area contributed by atoms with Crippen molar-refractivity contribution in [3.63, 3.8) is 0 Å². The van der Waals surface area contributed by atoms with E-state index < -0.39 is 0 Å². The zero-order valence-corrected chi connectivity index (χ0v) is 15.3. The molecular formula is C21H26N4O. The molecule has 1 heterocycles. The quantitative estimate of drug-likeness (QED) is 0.908. The van der Waals surface area contributed by atoms with Crippen molar-refractivity contribution >= 4 is 11.6 Å².